The van der Waals surface area contributed by atoms with Gasteiger partial charge < -0.3 is 19.5 Å². The third kappa shape index (κ3) is 6.19. The van der Waals surface area contributed by atoms with Crippen LogP contribution in [0.4, 0.5) is 11.4 Å². The lowest BCUT2D eigenvalue weighted by atomic mass is 10.2. The van der Waals surface area contributed by atoms with Crippen molar-refractivity contribution < 1.29 is 27.4 Å². The van der Waals surface area contributed by atoms with E-state index in [1.807, 2.05) is 18.2 Å². The van der Waals surface area contributed by atoms with E-state index in [9.17, 15) is 13.2 Å². The quantitative estimate of drug-likeness (QED) is 0.260. The number of anilines is 2. The number of nitrogens with one attached hydrogen (secondary N) is 1. The molecule has 0 atom stereocenters. The summed E-state index contributed by atoms with van der Waals surface area (Å²) < 4.78 is 45.0. The lowest BCUT2D eigenvalue weighted by Gasteiger charge is -2.25. The molecule has 0 bridgehead atoms. The van der Waals surface area contributed by atoms with Gasteiger partial charge in [0, 0.05) is 11.1 Å². The Morgan fingerprint density at radius 3 is 2.16 bits per heavy atom. The molecule has 8 nitrogen and oxygen atoms in total. The SMILES string of the molecule is COc1ccc(S(=O)(=O)N(CC(=O)Nc2ccccc2Oc2ccccc2)c2ccc(Cl)cc2)cc1OC. The summed E-state index contributed by atoms with van der Waals surface area (Å²) in [5.41, 5.74) is 0.647. The second-order valence-corrected chi connectivity index (χ2v) is 10.3. The van der Waals surface area contributed by atoms with Gasteiger partial charge in [0.2, 0.25) is 5.91 Å². The average Bonchev–Trinajstić information content (AvgIpc) is 2.93. The number of amides is 1. The Morgan fingerprint density at radius 1 is 0.816 bits per heavy atom. The predicted octanol–water partition coefficient (Wildman–Crippen LogP) is 5.98. The predicted molar refractivity (Wildman–Crippen MR) is 147 cm³/mol. The normalized spacial score (nSPS) is 10.9. The Bertz CT molecular complexity index is 1510. The Morgan fingerprint density at radius 2 is 1.47 bits per heavy atom. The van der Waals surface area contributed by atoms with Crippen molar-refractivity contribution in [3.63, 3.8) is 0 Å². The molecule has 1 amide bonds. The van der Waals surface area contributed by atoms with Crippen molar-refractivity contribution in [2.45, 2.75) is 4.90 Å². The van der Waals surface area contributed by atoms with E-state index in [4.69, 9.17) is 25.8 Å². The summed E-state index contributed by atoms with van der Waals surface area (Å²) in [4.78, 5) is 13.1. The third-order valence-electron chi connectivity index (χ3n) is 5.48. The first-order valence-corrected chi connectivity index (χ1v) is 13.3. The summed E-state index contributed by atoms with van der Waals surface area (Å²) in [6.45, 7) is -0.516. The van der Waals surface area contributed by atoms with Crippen molar-refractivity contribution in [2.24, 2.45) is 0 Å². The highest BCUT2D eigenvalue weighted by atomic mass is 35.5. The van der Waals surface area contributed by atoms with Crippen LogP contribution in [-0.2, 0) is 14.8 Å². The van der Waals surface area contributed by atoms with E-state index < -0.39 is 22.5 Å². The van der Waals surface area contributed by atoms with Gasteiger partial charge in [-0.05, 0) is 60.7 Å². The first-order chi connectivity index (χ1) is 18.3. The Labute approximate surface area is 226 Å². The van der Waals surface area contributed by atoms with Crippen LogP contribution >= 0.6 is 11.6 Å². The molecule has 38 heavy (non-hydrogen) atoms. The van der Waals surface area contributed by atoms with Gasteiger partial charge >= 0.3 is 0 Å². The van der Waals surface area contributed by atoms with Gasteiger partial charge in [0.25, 0.3) is 10.0 Å². The van der Waals surface area contributed by atoms with Gasteiger partial charge in [-0.1, -0.05) is 41.9 Å². The number of rotatable bonds is 10. The molecule has 0 aliphatic heterocycles. The minimum absolute atomic E-state index is 0.0780. The van der Waals surface area contributed by atoms with Crippen molar-refractivity contribution in [1.82, 2.24) is 0 Å². The number of para-hydroxylation sites is 3. The van der Waals surface area contributed by atoms with Crippen LogP contribution in [0.1, 0.15) is 0 Å². The lowest BCUT2D eigenvalue weighted by molar-refractivity contribution is -0.114. The maximum atomic E-state index is 13.8. The standard InChI is InChI=1S/C28H25ClN2O6S/c1-35-26-17-16-23(18-27(26)36-2)38(33,34)31(21-14-12-20(29)13-15-21)19-28(32)30-24-10-6-7-11-25(24)37-22-8-4-3-5-9-22/h3-18H,19H2,1-2H3,(H,30,32). The van der Waals surface area contributed by atoms with Gasteiger partial charge in [0.1, 0.15) is 12.3 Å². The van der Waals surface area contributed by atoms with Crippen LogP contribution in [0.25, 0.3) is 0 Å². The number of benzene rings is 4. The highest BCUT2D eigenvalue weighted by Crippen LogP contribution is 2.33. The van der Waals surface area contributed by atoms with Crippen molar-refractivity contribution in [1.29, 1.82) is 0 Å². The topological polar surface area (TPSA) is 94.2 Å². The first kappa shape index (κ1) is 26.8. The molecule has 0 radical (unpaired) electrons. The van der Waals surface area contributed by atoms with Crippen LogP contribution in [-0.4, -0.2) is 35.1 Å². The van der Waals surface area contributed by atoms with Gasteiger partial charge in [-0.2, -0.15) is 0 Å². The Hall–Kier alpha value is -4.21. The van der Waals surface area contributed by atoms with E-state index in [0.717, 1.165) is 4.31 Å². The monoisotopic (exact) mass is 552 g/mol. The number of methoxy groups -OCH3 is 2. The summed E-state index contributed by atoms with van der Waals surface area (Å²) in [5.74, 6) is 1.03. The lowest BCUT2D eigenvalue weighted by Crippen LogP contribution is -2.38. The summed E-state index contributed by atoms with van der Waals surface area (Å²) >= 11 is 6.03. The summed E-state index contributed by atoms with van der Waals surface area (Å²) in [7, 11) is -1.34. The molecule has 0 heterocycles. The van der Waals surface area contributed by atoms with Gasteiger partial charge in [-0.25, -0.2) is 8.42 Å². The smallest absolute Gasteiger partial charge is 0.264 e. The second kappa shape index (κ2) is 11.9. The number of hydrogen-bond acceptors (Lipinski definition) is 6. The zero-order valence-electron chi connectivity index (χ0n) is 20.6. The van der Waals surface area contributed by atoms with Crippen LogP contribution in [0.3, 0.4) is 0 Å². The van der Waals surface area contributed by atoms with Gasteiger partial charge in [0.05, 0.1) is 30.5 Å². The first-order valence-electron chi connectivity index (χ1n) is 11.4. The van der Waals surface area contributed by atoms with E-state index in [2.05, 4.69) is 5.32 Å². The zero-order chi connectivity index (χ0) is 27.1. The molecule has 0 aliphatic rings. The van der Waals surface area contributed by atoms with E-state index >= 15 is 0 Å². The third-order valence-corrected chi connectivity index (χ3v) is 7.50. The van der Waals surface area contributed by atoms with Crippen molar-refractivity contribution in [3.05, 3.63) is 102 Å². The maximum absolute atomic E-state index is 13.8. The fourth-order valence-corrected chi connectivity index (χ4v) is 5.18. The van der Waals surface area contributed by atoms with Crippen LogP contribution < -0.4 is 23.8 Å². The number of carbonyl (C=O) groups is 1. The molecule has 1 N–H and O–H groups in total. The van der Waals surface area contributed by atoms with Crippen molar-refractivity contribution in [2.75, 3.05) is 30.4 Å². The molecule has 0 unspecified atom stereocenters. The average molecular weight is 553 g/mol. The summed E-state index contributed by atoms with van der Waals surface area (Å²) in [5, 5.41) is 3.19. The molecule has 0 aliphatic carbocycles. The molecule has 0 saturated carbocycles. The maximum Gasteiger partial charge on any atom is 0.264 e. The van der Waals surface area contributed by atoms with Crippen LogP contribution in [0.5, 0.6) is 23.0 Å². The molecule has 0 fully saturated rings. The molecule has 4 aromatic rings. The van der Waals surface area contributed by atoms with E-state index in [-0.39, 0.29) is 16.3 Å². The van der Waals surface area contributed by atoms with E-state index in [1.165, 1.54) is 44.6 Å². The zero-order valence-corrected chi connectivity index (χ0v) is 22.2. The molecule has 0 saturated heterocycles. The Kier molecular flexibility index (Phi) is 8.40. The molecular formula is C28H25ClN2O6S. The van der Waals surface area contributed by atoms with E-state index in [1.54, 1.807) is 48.5 Å². The van der Waals surface area contributed by atoms with Crippen LogP contribution in [0, 0.1) is 0 Å². The molecule has 0 spiro atoms. The number of halogens is 1. The molecule has 196 valence electrons. The minimum Gasteiger partial charge on any atom is -0.493 e. The number of sulfonamides is 1. The van der Waals surface area contributed by atoms with Crippen molar-refractivity contribution >= 4 is 38.9 Å². The number of hydrogen-bond donors (Lipinski definition) is 1. The molecule has 0 aromatic heterocycles. The highest BCUT2D eigenvalue weighted by molar-refractivity contribution is 7.92. The summed E-state index contributed by atoms with van der Waals surface area (Å²) in [6.07, 6.45) is 0. The van der Waals surface area contributed by atoms with Gasteiger partial charge in [-0.15, -0.1) is 0 Å². The fourth-order valence-electron chi connectivity index (χ4n) is 3.62. The highest BCUT2D eigenvalue weighted by Gasteiger charge is 2.28. The number of carbonyl (C=O) groups excluding carboxylic acids is 1. The molecule has 4 rings (SSSR count). The van der Waals surface area contributed by atoms with Gasteiger partial charge in [0.15, 0.2) is 17.2 Å². The van der Waals surface area contributed by atoms with Crippen LogP contribution in [0.15, 0.2) is 102 Å². The number of ether oxygens (including phenoxy) is 3. The van der Waals surface area contributed by atoms with E-state index in [0.29, 0.717) is 28.0 Å². The molecule has 10 heteroatoms. The largest absolute Gasteiger partial charge is 0.493 e. The Balaban J connectivity index is 1.65. The van der Waals surface area contributed by atoms with Crippen molar-refractivity contribution in [3.8, 4) is 23.0 Å². The minimum atomic E-state index is -4.21. The van der Waals surface area contributed by atoms with Gasteiger partial charge in [-0.3, -0.25) is 9.10 Å². The number of nitrogens with zero attached hydrogens (tertiary/aromatic N) is 1. The molecular weight excluding hydrogens is 528 g/mol. The second-order valence-electron chi connectivity index (χ2n) is 7.96. The fraction of sp³-hybridized carbons (Fsp3) is 0.107. The summed E-state index contributed by atoms with van der Waals surface area (Å²) in [6, 6.07) is 26.4. The van der Waals surface area contributed by atoms with Crippen LogP contribution in [0.2, 0.25) is 5.02 Å². The molecule has 4 aromatic carbocycles.